The molecular weight excluding hydrogens is 264 g/mol. The van der Waals surface area contributed by atoms with E-state index in [2.05, 4.69) is 5.10 Å². The molecular formula is C16H18N4O. The molecule has 0 saturated heterocycles. The third kappa shape index (κ3) is 3.29. The molecule has 0 spiro atoms. The van der Waals surface area contributed by atoms with Crippen LogP contribution in [0.15, 0.2) is 30.3 Å². The van der Waals surface area contributed by atoms with Gasteiger partial charge in [0.25, 0.3) is 5.91 Å². The first kappa shape index (κ1) is 14.8. The summed E-state index contributed by atoms with van der Waals surface area (Å²) in [5.41, 5.74) is 3.55. The molecule has 21 heavy (non-hydrogen) atoms. The zero-order valence-electron chi connectivity index (χ0n) is 12.5. The standard InChI is InChI=1S/C16H18N4O/c1-12-11-13(2)20(18-12)15-7-5-14(6-8-15)16(21)19(3)10-4-9-17/h5-8,11H,4,10H2,1-3H3. The average molecular weight is 282 g/mol. The van der Waals surface area contributed by atoms with Gasteiger partial charge in [-0.2, -0.15) is 10.4 Å². The summed E-state index contributed by atoms with van der Waals surface area (Å²) in [5, 5.41) is 13.0. The van der Waals surface area contributed by atoms with E-state index in [0.717, 1.165) is 17.1 Å². The van der Waals surface area contributed by atoms with Gasteiger partial charge in [0.15, 0.2) is 0 Å². The summed E-state index contributed by atoms with van der Waals surface area (Å²) >= 11 is 0. The lowest BCUT2D eigenvalue weighted by Crippen LogP contribution is -2.27. The van der Waals surface area contributed by atoms with Crippen LogP contribution >= 0.6 is 0 Å². The van der Waals surface area contributed by atoms with E-state index >= 15 is 0 Å². The van der Waals surface area contributed by atoms with Crippen molar-refractivity contribution < 1.29 is 4.79 Å². The van der Waals surface area contributed by atoms with E-state index in [1.807, 2.05) is 42.8 Å². The Hall–Kier alpha value is -2.61. The highest BCUT2D eigenvalue weighted by atomic mass is 16.2. The highest BCUT2D eigenvalue weighted by molar-refractivity contribution is 5.94. The van der Waals surface area contributed by atoms with Crippen molar-refractivity contribution in [2.45, 2.75) is 20.3 Å². The fourth-order valence-corrected chi connectivity index (χ4v) is 2.18. The molecule has 1 heterocycles. The quantitative estimate of drug-likeness (QED) is 0.865. The van der Waals surface area contributed by atoms with Crippen molar-refractivity contribution in [1.82, 2.24) is 14.7 Å². The van der Waals surface area contributed by atoms with Gasteiger partial charge in [-0.25, -0.2) is 4.68 Å². The summed E-state index contributed by atoms with van der Waals surface area (Å²) in [6.45, 7) is 4.38. The van der Waals surface area contributed by atoms with Crippen LogP contribution in [0.5, 0.6) is 0 Å². The SMILES string of the molecule is Cc1cc(C)n(-c2ccc(C(=O)N(C)CCC#N)cc2)n1. The van der Waals surface area contributed by atoms with E-state index in [9.17, 15) is 4.79 Å². The molecule has 5 nitrogen and oxygen atoms in total. The highest BCUT2D eigenvalue weighted by Crippen LogP contribution is 2.14. The number of carbonyl (C=O) groups excluding carboxylic acids is 1. The molecule has 5 heteroatoms. The number of nitriles is 1. The average Bonchev–Trinajstić information content (AvgIpc) is 2.83. The number of rotatable bonds is 4. The van der Waals surface area contributed by atoms with Crippen molar-refractivity contribution in [3.05, 3.63) is 47.3 Å². The number of nitrogens with zero attached hydrogens (tertiary/aromatic N) is 4. The van der Waals surface area contributed by atoms with Crippen LogP contribution in [-0.2, 0) is 0 Å². The third-order valence-electron chi connectivity index (χ3n) is 3.27. The number of aromatic nitrogens is 2. The second-order valence-corrected chi connectivity index (χ2v) is 5.02. The lowest BCUT2D eigenvalue weighted by molar-refractivity contribution is 0.0798. The van der Waals surface area contributed by atoms with Crippen LogP contribution in [0.3, 0.4) is 0 Å². The molecule has 1 amide bonds. The number of benzene rings is 1. The van der Waals surface area contributed by atoms with Gasteiger partial charge in [-0.3, -0.25) is 4.79 Å². The summed E-state index contributed by atoms with van der Waals surface area (Å²) in [6, 6.07) is 11.4. The minimum absolute atomic E-state index is 0.0785. The molecule has 1 aromatic heterocycles. The number of carbonyl (C=O) groups is 1. The van der Waals surface area contributed by atoms with Gasteiger partial charge in [-0.05, 0) is 44.2 Å². The van der Waals surface area contributed by atoms with Crippen molar-refractivity contribution in [2.75, 3.05) is 13.6 Å². The lowest BCUT2D eigenvalue weighted by Gasteiger charge is -2.15. The van der Waals surface area contributed by atoms with Crippen molar-refractivity contribution in [1.29, 1.82) is 5.26 Å². The number of hydrogen-bond donors (Lipinski definition) is 0. The molecule has 0 saturated carbocycles. The van der Waals surface area contributed by atoms with Crippen LogP contribution in [0.25, 0.3) is 5.69 Å². The summed E-state index contributed by atoms with van der Waals surface area (Å²) in [5.74, 6) is -0.0785. The van der Waals surface area contributed by atoms with E-state index in [-0.39, 0.29) is 5.91 Å². The minimum Gasteiger partial charge on any atom is -0.341 e. The molecule has 0 N–H and O–H groups in total. The largest absolute Gasteiger partial charge is 0.341 e. The van der Waals surface area contributed by atoms with Crippen LogP contribution in [0.4, 0.5) is 0 Å². The molecule has 1 aromatic carbocycles. The van der Waals surface area contributed by atoms with E-state index < -0.39 is 0 Å². The monoisotopic (exact) mass is 282 g/mol. The molecule has 0 atom stereocenters. The molecule has 108 valence electrons. The first-order valence-corrected chi connectivity index (χ1v) is 6.79. The van der Waals surface area contributed by atoms with Crippen LogP contribution in [0.2, 0.25) is 0 Å². The van der Waals surface area contributed by atoms with Crippen molar-refractivity contribution in [3.63, 3.8) is 0 Å². The Morgan fingerprint density at radius 3 is 2.52 bits per heavy atom. The van der Waals surface area contributed by atoms with Gasteiger partial charge in [-0.15, -0.1) is 0 Å². The zero-order chi connectivity index (χ0) is 15.4. The summed E-state index contributed by atoms with van der Waals surface area (Å²) in [6.07, 6.45) is 0.339. The van der Waals surface area contributed by atoms with Crippen molar-refractivity contribution >= 4 is 5.91 Å². The molecule has 0 aliphatic heterocycles. The Balaban J connectivity index is 2.17. The van der Waals surface area contributed by atoms with Gasteiger partial charge in [0.1, 0.15) is 0 Å². The van der Waals surface area contributed by atoms with Crippen LogP contribution in [-0.4, -0.2) is 34.2 Å². The number of aryl methyl sites for hydroxylation is 2. The minimum atomic E-state index is -0.0785. The van der Waals surface area contributed by atoms with Crippen LogP contribution in [0.1, 0.15) is 28.2 Å². The molecule has 2 rings (SSSR count). The van der Waals surface area contributed by atoms with E-state index in [0.29, 0.717) is 18.5 Å². The first-order valence-electron chi connectivity index (χ1n) is 6.79. The highest BCUT2D eigenvalue weighted by Gasteiger charge is 2.11. The topological polar surface area (TPSA) is 61.9 Å². The van der Waals surface area contributed by atoms with Gasteiger partial charge < -0.3 is 4.90 Å². The normalized spacial score (nSPS) is 10.2. The number of hydrogen-bond acceptors (Lipinski definition) is 3. The maximum absolute atomic E-state index is 12.2. The van der Waals surface area contributed by atoms with Crippen LogP contribution < -0.4 is 0 Å². The van der Waals surface area contributed by atoms with Crippen molar-refractivity contribution in [3.8, 4) is 11.8 Å². The van der Waals surface area contributed by atoms with Gasteiger partial charge in [0, 0.05) is 24.8 Å². The third-order valence-corrected chi connectivity index (χ3v) is 3.27. The maximum Gasteiger partial charge on any atom is 0.253 e. The van der Waals surface area contributed by atoms with Gasteiger partial charge in [0.2, 0.25) is 0 Å². The fourth-order valence-electron chi connectivity index (χ4n) is 2.18. The Labute approximate surface area is 124 Å². The molecule has 0 aliphatic rings. The molecule has 0 unspecified atom stereocenters. The molecule has 0 radical (unpaired) electrons. The second kappa shape index (κ2) is 6.23. The fraction of sp³-hybridized carbons (Fsp3) is 0.312. The van der Waals surface area contributed by atoms with Gasteiger partial charge in [0.05, 0.1) is 23.9 Å². The first-order chi connectivity index (χ1) is 10.0. The van der Waals surface area contributed by atoms with E-state index in [4.69, 9.17) is 5.26 Å². The molecule has 0 aliphatic carbocycles. The molecule has 2 aromatic rings. The molecule has 0 fully saturated rings. The molecule has 0 bridgehead atoms. The lowest BCUT2D eigenvalue weighted by atomic mass is 10.2. The number of amides is 1. The smallest absolute Gasteiger partial charge is 0.253 e. The predicted octanol–water partition coefficient (Wildman–Crippen LogP) is 2.47. The Bertz CT molecular complexity index is 679. The van der Waals surface area contributed by atoms with Gasteiger partial charge in [-0.1, -0.05) is 0 Å². The Morgan fingerprint density at radius 1 is 1.33 bits per heavy atom. The van der Waals surface area contributed by atoms with E-state index in [1.54, 1.807) is 24.1 Å². The van der Waals surface area contributed by atoms with Crippen molar-refractivity contribution in [2.24, 2.45) is 0 Å². The second-order valence-electron chi connectivity index (χ2n) is 5.02. The van der Waals surface area contributed by atoms with E-state index in [1.165, 1.54) is 0 Å². The predicted molar refractivity (Wildman–Crippen MR) is 80.2 cm³/mol. The maximum atomic E-state index is 12.2. The summed E-state index contributed by atoms with van der Waals surface area (Å²) in [7, 11) is 1.70. The Kier molecular flexibility index (Phi) is 4.39. The zero-order valence-corrected chi connectivity index (χ0v) is 12.5. The summed E-state index contributed by atoms with van der Waals surface area (Å²) in [4.78, 5) is 13.7. The van der Waals surface area contributed by atoms with Gasteiger partial charge >= 0.3 is 0 Å². The summed E-state index contributed by atoms with van der Waals surface area (Å²) < 4.78 is 1.85. The Morgan fingerprint density at radius 2 is 2.00 bits per heavy atom. The van der Waals surface area contributed by atoms with Crippen LogP contribution in [0, 0.1) is 25.2 Å².